The van der Waals surface area contributed by atoms with Crippen LogP contribution in [0.25, 0.3) is 5.57 Å². The van der Waals surface area contributed by atoms with Crippen LogP contribution in [0.15, 0.2) is 67.2 Å². The summed E-state index contributed by atoms with van der Waals surface area (Å²) in [6, 6.07) is 14.1. The molecular weight excluding hydrogens is 360 g/mol. The van der Waals surface area contributed by atoms with E-state index >= 15 is 0 Å². The van der Waals surface area contributed by atoms with E-state index < -0.39 is 5.97 Å². The van der Waals surface area contributed by atoms with Gasteiger partial charge in [-0.15, -0.1) is 0 Å². The van der Waals surface area contributed by atoms with Crippen LogP contribution >= 0.6 is 0 Å². The molecule has 0 aliphatic heterocycles. The molecule has 0 radical (unpaired) electrons. The number of aromatic nitrogens is 2. The van der Waals surface area contributed by atoms with Crippen molar-refractivity contribution in [3.63, 3.8) is 0 Å². The maximum absolute atomic E-state index is 11.6. The van der Waals surface area contributed by atoms with Crippen molar-refractivity contribution < 1.29 is 24.1 Å². The lowest BCUT2D eigenvalue weighted by Gasteiger charge is -2.15. The number of carbonyl (C=O) groups is 1. The van der Waals surface area contributed by atoms with Gasteiger partial charge < -0.3 is 19.3 Å². The zero-order chi connectivity index (χ0) is 19.9. The number of aliphatic carboxylic acids is 1. The fourth-order valence-corrected chi connectivity index (χ4v) is 2.50. The Morgan fingerprint density at radius 1 is 0.929 bits per heavy atom. The Morgan fingerprint density at radius 3 is 2.25 bits per heavy atom. The van der Waals surface area contributed by atoms with Gasteiger partial charge in [0.2, 0.25) is 0 Å². The molecule has 7 heteroatoms. The Labute approximate surface area is 161 Å². The predicted octanol–water partition coefficient (Wildman–Crippen LogP) is 4.44. The fraction of sp³-hybridized carbons (Fsp3) is 0.0952. The van der Waals surface area contributed by atoms with Gasteiger partial charge in [0.05, 0.1) is 13.4 Å². The minimum atomic E-state index is -1.12. The smallest absolute Gasteiger partial charge is 0.339 e. The lowest BCUT2D eigenvalue weighted by atomic mass is 10.1. The van der Waals surface area contributed by atoms with Crippen LogP contribution in [0.1, 0.15) is 11.1 Å². The van der Waals surface area contributed by atoms with Crippen molar-refractivity contribution in [1.82, 2.24) is 9.97 Å². The molecule has 0 spiro atoms. The van der Waals surface area contributed by atoms with Gasteiger partial charge in [-0.05, 0) is 31.2 Å². The van der Waals surface area contributed by atoms with Crippen LogP contribution in [-0.2, 0) is 9.53 Å². The van der Waals surface area contributed by atoms with Crippen LogP contribution < -0.4 is 9.47 Å². The summed E-state index contributed by atoms with van der Waals surface area (Å²) in [5.74, 6) is 0.312. The van der Waals surface area contributed by atoms with Crippen LogP contribution in [0.2, 0.25) is 0 Å². The van der Waals surface area contributed by atoms with Crippen molar-refractivity contribution in [2.24, 2.45) is 0 Å². The molecule has 1 heterocycles. The molecule has 1 aromatic heterocycles. The molecule has 0 atom stereocenters. The number of benzene rings is 2. The topological polar surface area (TPSA) is 90.8 Å². The van der Waals surface area contributed by atoms with Gasteiger partial charge in [0.25, 0.3) is 0 Å². The molecule has 7 nitrogen and oxygen atoms in total. The Morgan fingerprint density at radius 2 is 1.57 bits per heavy atom. The number of hydrogen-bond acceptors (Lipinski definition) is 6. The van der Waals surface area contributed by atoms with E-state index in [0.717, 1.165) is 5.56 Å². The second-order valence-electron chi connectivity index (χ2n) is 5.68. The Kier molecular flexibility index (Phi) is 5.86. The third kappa shape index (κ3) is 4.27. The molecule has 0 unspecified atom stereocenters. The maximum Gasteiger partial charge on any atom is 0.339 e. The van der Waals surface area contributed by atoms with E-state index in [2.05, 4.69) is 9.97 Å². The molecule has 0 fully saturated rings. The van der Waals surface area contributed by atoms with Gasteiger partial charge >= 0.3 is 12.0 Å². The van der Waals surface area contributed by atoms with Crippen molar-refractivity contribution in [1.29, 1.82) is 0 Å². The number of rotatable bonds is 7. The minimum Gasteiger partial charge on any atom is -0.503 e. The SMILES string of the molecule is CO/C=C(/C(=O)O)c1ccccc1Oc1cccc(Oc2ncccn2)c1C. The molecule has 0 aliphatic carbocycles. The van der Waals surface area contributed by atoms with E-state index in [-0.39, 0.29) is 11.6 Å². The summed E-state index contributed by atoms with van der Waals surface area (Å²) in [5, 5.41) is 9.47. The van der Waals surface area contributed by atoms with E-state index in [1.165, 1.54) is 13.4 Å². The van der Waals surface area contributed by atoms with Crippen LogP contribution in [0.3, 0.4) is 0 Å². The highest BCUT2D eigenvalue weighted by atomic mass is 16.5. The molecule has 2 aromatic carbocycles. The molecule has 142 valence electrons. The summed E-state index contributed by atoms with van der Waals surface area (Å²) < 4.78 is 16.6. The Bertz CT molecular complexity index is 1000. The molecule has 0 aliphatic rings. The van der Waals surface area contributed by atoms with E-state index in [1.807, 2.05) is 6.92 Å². The monoisotopic (exact) mass is 378 g/mol. The summed E-state index contributed by atoms with van der Waals surface area (Å²) in [7, 11) is 1.39. The molecule has 1 N–H and O–H groups in total. The highest BCUT2D eigenvalue weighted by Gasteiger charge is 2.17. The van der Waals surface area contributed by atoms with E-state index in [0.29, 0.717) is 22.8 Å². The number of ether oxygens (including phenoxy) is 3. The molecule has 0 saturated heterocycles. The van der Waals surface area contributed by atoms with Crippen molar-refractivity contribution >= 4 is 11.5 Å². The first kappa shape index (κ1) is 18.9. The summed E-state index contributed by atoms with van der Waals surface area (Å²) >= 11 is 0. The number of hydrogen-bond donors (Lipinski definition) is 1. The van der Waals surface area contributed by atoms with E-state index in [1.54, 1.807) is 60.9 Å². The number of carboxylic acid groups (broad SMARTS) is 1. The quantitative estimate of drug-likeness (QED) is 0.480. The molecule has 3 aromatic rings. The molecule has 0 bridgehead atoms. The van der Waals surface area contributed by atoms with Crippen molar-refractivity contribution in [3.05, 3.63) is 78.3 Å². The van der Waals surface area contributed by atoms with Gasteiger partial charge in [0, 0.05) is 23.5 Å². The van der Waals surface area contributed by atoms with Crippen LogP contribution in [0.4, 0.5) is 0 Å². The Balaban J connectivity index is 1.94. The number of nitrogens with zero attached hydrogens (tertiary/aromatic N) is 2. The second-order valence-corrected chi connectivity index (χ2v) is 5.68. The van der Waals surface area contributed by atoms with E-state index in [9.17, 15) is 9.90 Å². The number of methoxy groups -OCH3 is 1. The minimum absolute atomic E-state index is 0.0131. The first-order chi connectivity index (χ1) is 13.6. The Hall–Kier alpha value is -3.87. The standard InChI is InChI=1S/C21H18N2O5/c1-14-17(9-5-10-18(14)28-21-22-11-6-12-23-21)27-19-8-4-3-7-15(19)16(13-26-2)20(24)25/h3-13H,1-2H3,(H,24,25)/b16-13+. The second kappa shape index (κ2) is 8.68. The fourth-order valence-electron chi connectivity index (χ4n) is 2.50. The van der Waals surface area contributed by atoms with Gasteiger partial charge in [-0.2, -0.15) is 0 Å². The molecule has 3 rings (SSSR count). The van der Waals surface area contributed by atoms with Crippen molar-refractivity contribution in [3.8, 4) is 23.3 Å². The first-order valence-corrected chi connectivity index (χ1v) is 8.38. The third-order valence-corrected chi connectivity index (χ3v) is 3.84. The molecule has 0 saturated carbocycles. The first-order valence-electron chi connectivity index (χ1n) is 8.38. The number of carboxylic acids is 1. The molecule has 0 amide bonds. The average Bonchev–Trinajstić information content (AvgIpc) is 2.70. The van der Waals surface area contributed by atoms with Crippen molar-refractivity contribution in [2.75, 3.05) is 7.11 Å². The zero-order valence-electron chi connectivity index (χ0n) is 15.3. The van der Waals surface area contributed by atoms with Gasteiger partial charge in [-0.1, -0.05) is 24.3 Å². The van der Waals surface area contributed by atoms with Crippen LogP contribution in [0.5, 0.6) is 23.3 Å². The zero-order valence-corrected chi connectivity index (χ0v) is 15.3. The van der Waals surface area contributed by atoms with Crippen molar-refractivity contribution in [2.45, 2.75) is 6.92 Å². The van der Waals surface area contributed by atoms with Gasteiger partial charge in [-0.3, -0.25) is 0 Å². The highest BCUT2D eigenvalue weighted by Crippen LogP contribution is 2.35. The van der Waals surface area contributed by atoms with Crippen LogP contribution in [0, 0.1) is 6.92 Å². The average molecular weight is 378 g/mol. The van der Waals surface area contributed by atoms with E-state index in [4.69, 9.17) is 14.2 Å². The van der Waals surface area contributed by atoms with Gasteiger partial charge in [-0.25, -0.2) is 14.8 Å². The summed E-state index contributed by atoms with van der Waals surface area (Å²) in [6.07, 6.45) is 4.34. The summed E-state index contributed by atoms with van der Waals surface area (Å²) in [5.41, 5.74) is 1.10. The van der Waals surface area contributed by atoms with Crippen LogP contribution in [-0.4, -0.2) is 28.2 Å². The maximum atomic E-state index is 11.6. The van der Waals surface area contributed by atoms with Gasteiger partial charge in [0.1, 0.15) is 22.8 Å². The summed E-state index contributed by atoms with van der Waals surface area (Å²) in [6.45, 7) is 1.83. The molecular formula is C21H18N2O5. The molecule has 28 heavy (non-hydrogen) atoms. The third-order valence-electron chi connectivity index (χ3n) is 3.84. The lowest BCUT2D eigenvalue weighted by molar-refractivity contribution is -0.130. The predicted molar refractivity (Wildman–Crippen MR) is 102 cm³/mol. The highest BCUT2D eigenvalue weighted by molar-refractivity contribution is 6.15. The largest absolute Gasteiger partial charge is 0.503 e. The van der Waals surface area contributed by atoms with Gasteiger partial charge in [0.15, 0.2) is 0 Å². The number of para-hydroxylation sites is 1. The lowest BCUT2D eigenvalue weighted by Crippen LogP contribution is -2.02. The summed E-state index contributed by atoms with van der Waals surface area (Å²) in [4.78, 5) is 19.7. The normalized spacial score (nSPS) is 11.0.